The first-order valence-corrected chi connectivity index (χ1v) is 10.6. The van der Waals surface area contributed by atoms with Crippen LogP contribution in [0.15, 0.2) is 39.0 Å². The Morgan fingerprint density at radius 1 is 1.16 bits per heavy atom. The van der Waals surface area contributed by atoms with Crippen LogP contribution in [-0.4, -0.2) is 31.9 Å². The number of nitrogens with zero attached hydrogens (tertiary/aromatic N) is 4. The van der Waals surface area contributed by atoms with Crippen LogP contribution in [0.5, 0.6) is 5.75 Å². The lowest BCUT2D eigenvalue weighted by Gasteiger charge is -2.09. The quantitative estimate of drug-likeness (QED) is 0.294. The molecule has 3 aromatic rings. The number of hydrazone groups is 1. The lowest BCUT2D eigenvalue weighted by Crippen LogP contribution is -2.29. The van der Waals surface area contributed by atoms with Gasteiger partial charge in [-0.25, -0.2) is 10.2 Å². The molecule has 2 N–H and O–H groups in total. The number of aryl methyl sites for hydroxylation is 2. The lowest BCUT2D eigenvalue weighted by atomic mass is 10.1. The van der Waals surface area contributed by atoms with Gasteiger partial charge in [0.05, 0.1) is 12.8 Å². The lowest BCUT2D eigenvalue weighted by molar-refractivity contribution is 0.415. The molecule has 2 aromatic heterocycles. The largest absolute Gasteiger partial charge is 0.497 e. The maximum atomic E-state index is 12.5. The summed E-state index contributed by atoms with van der Waals surface area (Å²) >= 11 is 0. The van der Waals surface area contributed by atoms with Crippen molar-refractivity contribution >= 4 is 22.8 Å². The van der Waals surface area contributed by atoms with Crippen molar-refractivity contribution in [2.75, 3.05) is 12.5 Å². The van der Waals surface area contributed by atoms with Crippen LogP contribution in [-0.2, 0) is 13.6 Å². The van der Waals surface area contributed by atoms with Crippen molar-refractivity contribution in [3.8, 4) is 5.75 Å². The van der Waals surface area contributed by atoms with Gasteiger partial charge in [-0.2, -0.15) is 10.1 Å². The van der Waals surface area contributed by atoms with Gasteiger partial charge in [0.1, 0.15) is 5.75 Å². The molecule has 9 heteroatoms. The van der Waals surface area contributed by atoms with Crippen LogP contribution in [0.1, 0.15) is 51.5 Å². The molecule has 166 valence electrons. The Bertz CT molecular complexity index is 1170. The minimum Gasteiger partial charge on any atom is -0.497 e. The fraction of sp³-hybridized carbons (Fsp3) is 0.455. The smallest absolute Gasteiger partial charge is 0.329 e. The first-order chi connectivity index (χ1) is 15.0. The molecule has 0 radical (unpaired) electrons. The molecule has 0 spiro atoms. The monoisotopic (exact) mass is 426 g/mol. The molecule has 0 bridgehead atoms. The molecule has 0 amide bonds. The minimum atomic E-state index is -0.491. The molecule has 0 aliphatic carbocycles. The number of hydrogen-bond acceptors (Lipinski definition) is 6. The van der Waals surface area contributed by atoms with Crippen molar-refractivity contribution in [3.63, 3.8) is 0 Å². The second-order valence-electron chi connectivity index (χ2n) is 7.53. The molecule has 0 atom stereocenters. The van der Waals surface area contributed by atoms with E-state index in [0.717, 1.165) is 36.3 Å². The van der Waals surface area contributed by atoms with E-state index >= 15 is 0 Å². The van der Waals surface area contributed by atoms with E-state index in [2.05, 4.69) is 27.4 Å². The fourth-order valence-corrected chi connectivity index (χ4v) is 3.44. The van der Waals surface area contributed by atoms with E-state index in [0.29, 0.717) is 23.7 Å². The van der Waals surface area contributed by atoms with E-state index in [1.165, 1.54) is 17.4 Å². The summed E-state index contributed by atoms with van der Waals surface area (Å²) in [5.41, 5.74) is 4.46. The number of anilines is 1. The van der Waals surface area contributed by atoms with Crippen molar-refractivity contribution in [1.29, 1.82) is 0 Å². The normalized spacial score (nSPS) is 11.8. The van der Waals surface area contributed by atoms with Crippen molar-refractivity contribution in [2.24, 2.45) is 12.1 Å². The summed E-state index contributed by atoms with van der Waals surface area (Å²) in [7, 11) is 3.22. The third-order valence-corrected chi connectivity index (χ3v) is 5.32. The number of rotatable bonds is 10. The molecule has 0 aliphatic rings. The number of imidazole rings is 1. The first kappa shape index (κ1) is 22.3. The number of aromatic amines is 1. The number of nitrogens with one attached hydrogen (secondary N) is 2. The van der Waals surface area contributed by atoms with Crippen LogP contribution in [0.2, 0.25) is 0 Å². The number of H-pyrrole nitrogens is 1. The van der Waals surface area contributed by atoms with Crippen molar-refractivity contribution in [2.45, 2.75) is 52.5 Å². The van der Waals surface area contributed by atoms with Crippen LogP contribution in [0.25, 0.3) is 11.2 Å². The molecular weight excluding hydrogens is 396 g/mol. The van der Waals surface area contributed by atoms with Gasteiger partial charge in [-0.1, -0.05) is 32.6 Å². The summed E-state index contributed by atoms with van der Waals surface area (Å²) in [4.78, 5) is 31.4. The Labute approximate surface area is 180 Å². The maximum Gasteiger partial charge on any atom is 0.329 e. The Morgan fingerprint density at radius 2 is 1.87 bits per heavy atom. The number of hydrogen-bond donors (Lipinski definition) is 2. The van der Waals surface area contributed by atoms with Crippen molar-refractivity contribution < 1.29 is 4.74 Å². The van der Waals surface area contributed by atoms with Crippen LogP contribution >= 0.6 is 0 Å². The van der Waals surface area contributed by atoms with Gasteiger partial charge in [-0.3, -0.25) is 14.3 Å². The summed E-state index contributed by atoms with van der Waals surface area (Å²) in [6.45, 7) is 4.67. The fourth-order valence-electron chi connectivity index (χ4n) is 3.44. The van der Waals surface area contributed by atoms with E-state index in [1.54, 1.807) is 14.2 Å². The zero-order chi connectivity index (χ0) is 22.4. The molecule has 0 fully saturated rings. The number of fused-ring (bicyclic) bond motifs is 1. The van der Waals surface area contributed by atoms with Crippen LogP contribution in [0, 0.1) is 0 Å². The number of methoxy groups -OCH3 is 1. The predicted octanol–water partition coefficient (Wildman–Crippen LogP) is 3.24. The van der Waals surface area contributed by atoms with Gasteiger partial charge >= 0.3 is 5.69 Å². The van der Waals surface area contributed by atoms with Crippen LogP contribution < -0.4 is 21.4 Å². The average molecular weight is 427 g/mol. The summed E-state index contributed by atoms with van der Waals surface area (Å²) in [5, 5.41) is 4.46. The molecule has 9 nitrogen and oxygen atoms in total. The summed E-state index contributed by atoms with van der Waals surface area (Å²) in [5.74, 6) is 1.21. The van der Waals surface area contributed by atoms with Gasteiger partial charge < -0.3 is 9.30 Å². The number of aromatic nitrogens is 4. The van der Waals surface area contributed by atoms with E-state index in [1.807, 2.05) is 35.8 Å². The molecule has 0 saturated carbocycles. The highest BCUT2D eigenvalue weighted by molar-refractivity contribution is 5.99. The third-order valence-electron chi connectivity index (χ3n) is 5.32. The van der Waals surface area contributed by atoms with Gasteiger partial charge in [0.15, 0.2) is 11.2 Å². The Hall–Kier alpha value is -3.36. The predicted molar refractivity (Wildman–Crippen MR) is 123 cm³/mol. The molecule has 3 rings (SSSR count). The average Bonchev–Trinajstić information content (AvgIpc) is 3.15. The highest BCUT2D eigenvalue weighted by atomic mass is 16.5. The van der Waals surface area contributed by atoms with Crippen LogP contribution in [0.4, 0.5) is 5.95 Å². The van der Waals surface area contributed by atoms with Crippen LogP contribution in [0.3, 0.4) is 0 Å². The standard InChI is InChI=1S/C22H30N6O3/c1-5-6-7-8-9-14-28-18-19(27(3)22(30)24-20(18)29)23-21(28)26-25-15(2)16-10-12-17(31-4)13-11-16/h10-13H,5-9,14H2,1-4H3,(H,23,26)(H,24,29,30)/b25-15+. The molecular formula is C22H30N6O3. The Morgan fingerprint density at radius 3 is 2.55 bits per heavy atom. The number of ether oxygens (including phenoxy) is 1. The second-order valence-corrected chi connectivity index (χ2v) is 7.53. The molecule has 1 aromatic carbocycles. The highest BCUT2D eigenvalue weighted by Crippen LogP contribution is 2.18. The molecule has 31 heavy (non-hydrogen) atoms. The van der Waals surface area contributed by atoms with E-state index in [9.17, 15) is 9.59 Å². The minimum absolute atomic E-state index is 0.335. The van der Waals surface area contributed by atoms with Gasteiger partial charge in [0, 0.05) is 13.6 Å². The van der Waals surface area contributed by atoms with Crippen molar-refractivity contribution in [3.05, 3.63) is 50.7 Å². The molecule has 0 aliphatic heterocycles. The van der Waals surface area contributed by atoms with Gasteiger partial charge in [-0.05, 0) is 43.2 Å². The third kappa shape index (κ3) is 5.04. The zero-order valence-electron chi connectivity index (χ0n) is 18.6. The highest BCUT2D eigenvalue weighted by Gasteiger charge is 2.17. The molecule has 2 heterocycles. The number of unbranched alkanes of at least 4 members (excludes halogenated alkanes) is 4. The zero-order valence-corrected chi connectivity index (χ0v) is 18.6. The molecule has 0 unspecified atom stereocenters. The summed E-state index contributed by atoms with van der Waals surface area (Å²) < 4.78 is 8.35. The molecule has 0 saturated heterocycles. The van der Waals surface area contributed by atoms with Gasteiger partial charge in [0.2, 0.25) is 5.95 Å². The van der Waals surface area contributed by atoms with E-state index in [-0.39, 0.29) is 0 Å². The van der Waals surface area contributed by atoms with Gasteiger partial charge in [-0.15, -0.1) is 0 Å². The van der Waals surface area contributed by atoms with E-state index in [4.69, 9.17) is 4.74 Å². The first-order valence-electron chi connectivity index (χ1n) is 10.6. The Kier molecular flexibility index (Phi) is 7.28. The maximum absolute atomic E-state index is 12.5. The number of benzene rings is 1. The van der Waals surface area contributed by atoms with Crippen molar-refractivity contribution in [1.82, 2.24) is 19.1 Å². The van der Waals surface area contributed by atoms with E-state index < -0.39 is 11.2 Å². The Balaban J connectivity index is 1.92. The van der Waals surface area contributed by atoms with Gasteiger partial charge in [0.25, 0.3) is 5.56 Å². The SMILES string of the molecule is CCCCCCCn1c(N/N=C(\C)c2ccc(OC)cc2)nc2c1c(=O)[nH]c(=O)n2C. The second kappa shape index (κ2) is 10.1. The summed E-state index contributed by atoms with van der Waals surface area (Å²) in [6.07, 6.45) is 5.47. The topological polar surface area (TPSA) is 106 Å². The summed E-state index contributed by atoms with van der Waals surface area (Å²) in [6, 6.07) is 7.58.